The highest BCUT2D eigenvalue weighted by Gasteiger charge is 2.21. The van der Waals surface area contributed by atoms with E-state index in [1.807, 2.05) is 32.0 Å². The number of hydrogen-bond donors (Lipinski definition) is 0. The molecule has 3 nitrogen and oxygen atoms in total. The summed E-state index contributed by atoms with van der Waals surface area (Å²) in [5.74, 6) is 0.181. The first-order valence-electron chi connectivity index (χ1n) is 7.45. The molecule has 0 atom stereocenters. The quantitative estimate of drug-likeness (QED) is 0.777. The summed E-state index contributed by atoms with van der Waals surface area (Å²) < 4.78 is 2.07. The molecule has 0 aliphatic heterocycles. The number of nitriles is 1. The Morgan fingerprint density at radius 1 is 1.18 bits per heavy atom. The molecule has 2 aromatic rings. The molecule has 1 aromatic carbocycles. The van der Waals surface area contributed by atoms with Crippen molar-refractivity contribution < 1.29 is 4.79 Å². The van der Waals surface area contributed by atoms with Gasteiger partial charge in [0.2, 0.25) is 0 Å². The highest BCUT2D eigenvalue weighted by Crippen LogP contribution is 2.26. The van der Waals surface area contributed by atoms with Gasteiger partial charge in [0.1, 0.15) is 0 Å². The molecule has 0 unspecified atom stereocenters. The highest BCUT2D eigenvalue weighted by atomic mass is 16.1. The van der Waals surface area contributed by atoms with Gasteiger partial charge < -0.3 is 4.57 Å². The van der Waals surface area contributed by atoms with E-state index in [2.05, 4.69) is 31.4 Å². The van der Waals surface area contributed by atoms with E-state index in [0.29, 0.717) is 12.0 Å². The van der Waals surface area contributed by atoms with E-state index in [-0.39, 0.29) is 11.2 Å². The van der Waals surface area contributed by atoms with Gasteiger partial charge >= 0.3 is 0 Å². The second kappa shape index (κ2) is 5.81. The third-order valence-corrected chi connectivity index (χ3v) is 3.68. The molecular weight excluding hydrogens is 272 g/mol. The Hall–Kier alpha value is -2.34. The Balaban J connectivity index is 2.43. The van der Waals surface area contributed by atoms with Gasteiger partial charge in [-0.25, -0.2) is 0 Å². The van der Waals surface area contributed by atoms with Crippen LogP contribution in [0.15, 0.2) is 30.3 Å². The van der Waals surface area contributed by atoms with Gasteiger partial charge in [0.25, 0.3) is 0 Å². The van der Waals surface area contributed by atoms with Crippen LogP contribution in [0.1, 0.15) is 54.5 Å². The van der Waals surface area contributed by atoms with E-state index in [4.69, 9.17) is 5.26 Å². The van der Waals surface area contributed by atoms with Gasteiger partial charge in [-0.1, -0.05) is 20.8 Å². The lowest BCUT2D eigenvalue weighted by atomic mass is 9.88. The minimum Gasteiger partial charge on any atom is -0.318 e. The zero-order valence-corrected chi connectivity index (χ0v) is 13.9. The first kappa shape index (κ1) is 16.0. The molecular formula is C19H22N2O. The zero-order valence-electron chi connectivity index (χ0n) is 13.9. The average Bonchev–Trinajstić information content (AvgIpc) is 2.72. The van der Waals surface area contributed by atoms with Crippen molar-refractivity contribution in [3.05, 3.63) is 52.8 Å². The van der Waals surface area contributed by atoms with Gasteiger partial charge in [-0.2, -0.15) is 5.26 Å². The van der Waals surface area contributed by atoms with E-state index in [9.17, 15) is 4.79 Å². The number of carbonyl (C=O) groups excluding carboxylic acids is 1. The van der Waals surface area contributed by atoms with E-state index in [1.54, 1.807) is 12.1 Å². The molecule has 0 aliphatic carbocycles. The SMILES string of the molecule is Cc1cc(C(=O)CC(C)(C)C)c(C)n1-c1ccc(C#N)cc1. The van der Waals surface area contributed by atoms with E-state index in [0.717, 1.165) is 22.6 Å². The van der Waals surface area contributed by atoms with Gasteiger partial charge in [0, 0.05) is 29.1 Å². The minimum absolute atomic E-state index is 0.0199. The molecule has 3 heteroatoms. The number of benzene rings is 1. The molecule has 0 radical (unpaired) electrons. The van der Waals surface area contributed by atoms with Crippen LogP contribution in [0.4, 0.5) is 0 Å². The van der Waals surface area contributed by atoms with Gasteiger partial charge in [0.05, 0.1) is 11.6 Å². The van der Waals surface area contributed by atoms with Crippen LogP contribution >= 0.6 is 0 Å². The van der Waals surface area contributed by atoms with Gasteiger partial charge in [-0.15, -0.1) is 0 Å². The fourth-order valence-electron chi connectivity index (χ4n) is 2.70. The molecule has 0 aliphatic rings. The van der Waals surface area contributed by atoms with Crippen molar-refractivity contribution in [3.8, 4) is 11.8 Å². The smallest absolute Gasteiger partial charge is 0.165 e. The van der Waals surface area contributed by atoms with Crippen molar-refractivity contribution in [2.75, 3.05) is 0 Å². The fraction of sp³-hybridized carbons (Fsp3) is 0.368. The molecule has 0 saturated carbocycles. The van der Waals surface area contributed by atoms with E-state index >= 15 is 0 Å². The first-order valence-corrected chi connectivity index (χ1v) is 7.45. The molecule has 0 amide bonds. The minimum atomic E-state index is -0.0199. The highest BCUT2D eigenvalue weighted by molar-refractivity contribution is 5.98. The van der Waals surface area contributed by atoms with Crippen LogP contribution in [0.3, 0.4) is 0 Å². The second-order valence-corrected chi connectivity index (χ2v) is 6.94. The number of rotatable bonds is 3. The lowest BCUT2D eigenvalue weighted by molar-refractivity contribution is 0.0939. The Kier molecular flexibility index (Phi) is 4.23. The molecule has 0 spiro atoms. The van der Waals surface area contributed by atoms with Gasteiger partial charge in [-0.3, -0.25) is 4.79 Å². The van der Waals surface area contributed by atoms with E-state index < -0.39 is 0 Å². The topological polar surface area (TPSA) is 45.8 Å². The maximum Gasteiger partial charge on any atom is 0.165 e. The Bertz CT molecular complexity index is 737. The molecule has 1 aromatic heterocycles. The number of carbonyl (C=O) groups is 1. The Morgan fingerprint density at radius 2 is 1.77 bits per heavy atom. The molecule has 0 fully saturated rings. The maximum atomic E-state index is 12.5. The third kappa shape index (κ3) is 3.28. The second-order valence-electron chi connectivity index (χ2n) is 6.94. The standard InChI is InChI=1S/C19H22N2O/c1-13-10-17(18(22)11-19(3,4)5)14(2)21(13)16-8-6-15(12-20)7-9-16/h6-10H,11H2,1-5H3. The van der Waals surface area contributed by atoms with Crippen LogP contribution in [0, 0.1) is 30.6 Å². The number of aryl methyl sites for hydroxylation is 1. The summed E-state index contributed by atoms with van der Waals surface area (Å²) in [5, 5.41) is 8.89. The normalized spacial score (nSPS) is 11.3. The van der Waals surface area contributed by atoms with Crippen LogP contribution < -0.4 is 0 Å². The van der Waals surface area contributed by atoms with Crippen molar-refractivity contribution in [1.82, 2.24) is 4.57 Å². The molecule has 114 valence electrons. The predicted molar refractivity (Wildman–Crippen MR) is 88.4 cm³/mol. The predicted octanol–water partition coefficient (Wildman–Crippen LogP) is 4.58. The molecule has 0 N–H and O–H groups in total. The molecule has 1 heterocycles. The molecule has 0 saturated heterocycles. The van der Waals surface area contributed by atoms with E-state index in [1.165, 1.54) is 0 Å². The lowest BCUT2D eigenvalue weighted by Crippen LogP contribution is -2.13. The van der Waals surface area contributed by atoms with Crippen LogP contribution in [0.2, 0.25) is 0 Å². The van der Waals surface area contributed by atoms with Crippen LogP contribution in [0.25, 0.3) is 5.69 Å². The number of ketones is 1. The van der Waals surface area contributed by atoms with Crippen LogP contribution in [-0.2, 0) is 0 Å². The zero-order chi connectivity index (χ0) is 16.5. The summed E-state index contributed by atoms with van der Waals surface area (Å²) in [5.41, 5.74) is 4.36. The van der Waals surface area contributed by atoms with Crippen molar-refractivity contribution >= 4 is 5.78 Å². The average molecular weight is 294 g/mol. The third-order valence-electron chi connectivity index (χ3n) is 3.68. The lowest BCUT2D eigenvalue weighted by Gasteiger charge is -2.16. The van der Waals surface area contributed by atoms with Crippen molar-refractivity contribution in [2.24, 2.45) is 5.41 Å². The number of aromatic nitrogens is 1. The van der Waals surface area contributed by atoms with Crippen molar-refractivity contribution in [3.63, 3.8) is 0 Å². The molecule has 2 rings (SSSR count). The number of nitrogens with zero attached hydrogens (tertiary/aromatic N) is 2. The van der Waals surface area contributed by atoms with Gasteiger partial charge in [-0.05, 0) is 49.6 Å². The fourth-order valence-corrected chi connectivity index (χ4v) is 2.70. The van der Waals surface area contributed by atoms with Crippen LogP contribution in [0.5, 0.6) is 0 Å². The van der Waals surface area contributed by atoms with Gasteiger partial charge in [0.15, 0.2) is 5.78 Å². The summed E-state index contributed by atoms with van der Waals surface area (Å²) in [6, 6.07) is 11.5. The van der Waals surface area contributed by atoms with Crippen molar-refractivity contribution in [2.45, 2.75) is 41.0 Å². The summed E-state index contributed by atoms with van der Waals surface area (Å²) in [6.45, 7) is 10.2. The summed E-state index contributed by atoms with van der Waals surface area (Å²) in [4.78, 5) is 12.5. The number of hydrogen-bond acceptors (Lipinski definition) is 2. The van der Waals surface area contributed by atoms with Crippen LogP contribution in [-0.4, -0.2) is 10.4 Å². The summed E-state index contributed by atoms with van der Waals surface area (Å²) in [7, 11) is 0. The number of Topliss-reactive ketones (excluding diaryl/α,β-unsaturated/α-hetero) is 1. The summed E-state index contributed by atoms with van der Waals surface area (Å²) in [6.07, 6.45) is 0.532. The summed E-state index contributed by atoms with van der Waals surface area (Å²) >= 11 is 0. The first-order chi connectivity index (χ1) is 10.2. The Morgan fingerprint density at radius 3 is 2.27 bits per heavy atom. The van der Waals surface area contributed by atoms with Crippen molar-refractivity contribution in [1.29, 1.82) is 5.26 Å². The molecule has 22 heavy (non-hydrogen) atoms. The molecule has 0 bridgehead atoms. The maximum absolute atomic E-state index is 12.5. The Labute approximate surface area is 132 Å². The monoisotopic (exact) mass is 294 g/mol. The largest absolute Gasteiger partial charge is 0.318 e.